The molecular weight excluding hydrogens is 178 g/mol. The van der Waals surface area contributed by atoms with E-state index in [1.54, 1.807) is 0 Å². The van der Waals surface area contributed by atoms with Crippen molar-refractivity contribution in [3.8, 4) is 0 Å². The Morgan fingerprint density at radius 1 is 1.31 bits per heavy atom. The molecule has 1 fully saturated rings. The predicted octanol–water partition coefficient (Wildman–Crippen LogP) is 1.71. The zero-order valence-corrected chi connectivity index (χ0v) is 10.4. The van der Waals surface area contributed by atoms with Crippen molar-refractivity contribution in [3.63, 3.8) is 0 Å². The van der Waals surface area contributed by atoms with E-state index in [-0.39, 0.29) is 6.10 Å². The van der Waals surface area contributed by atoms with E-state index in [2.05, 4.69) is 31.6 Å². The first-order valence-corrected chi connectivity index (χ1v) is 8.99. The Bertz CT molecular complexity index is 167. The van der Waals surface area contributed by atoms with E-state index < -0.39 is 8.07 Å². The summed E-state index contributed by atoms with van der Waals surface area (Å²) in [7, 11) is 1.16. The summed E-state index contributed by atoms with van der Waals surface area (Å²) in [5.74, 6) is 0. The molecule has 0 unspecified atom stereocenters. The summed E-state index contributed by atoms with van der Waals surface area (Å²) in [5, 5.41) is 9.73. The number of aliphatic hydroxyl groups excluding tert-OH is 1. The van der Waals surface area contributed by atoms with Crippen LogP contribution in [0.25, 0.3) is 0 Å². The molecule has 0 aromatic carbocycles. The van der Waals surface area contributed by atoms with Gasteiger partial charge in [0, 0.05) is 6.04 Å². The van der Waals surface area contributed by atoms with Gasteiger partial charge in [-0.25, -0.2) is 0 Å². The standard InChI is InChI=1S/C10H23NOSi/c1-11(8-13(2,3)4)9-6-5-7-10(9)12/h9-10,12H,5-8H2,1-4H3/t9-,10-/m1/s1. The monoisotopic (exact) mass is 201 g/mol. The molecule has 2 atom stereocenters. The molecule has 1 rings (SSSR count). The number of hydrogen-bond donors (Lipinski definition) is 1. The first-order valence-electron chi connectivity index (χ1n) is 5.28. The van der Waals surface area contributed by atoms with Crippen molar-refractivity contribution in [2.24, 2.45) is 0 Å². The summed E-state index contributed by atoms with van der Waals surface area (Å²) in [4.78, 5) is 2.38. The number of rotatable bonds is 3. The summed E-state index contributed by atoms with van der Waals surface area (Å²) in [6.45, 7) is 7.14. The molecule has 0 spiro atoms. The molecule has 0 aliphatic heterocycles. The van der Waals surface area contributed by atoms with Crippen LogP contribution in [-0.4, -0.2) is 43.4 Å². The van der Waals surface area contributed by atoms with Crippen LogP contribution in [-0.2, 0) is 0 Å². The average Bonchev–Trinajstić information content (AvgIpc) is 2.30. The third kappa shape index (κ3) is 3.41. The van der Waals surface area contributed by atoms with E-state index in [1.807, 2.05) is 0 Å². The average molecular weight is 201 g/mol. The first kappa shape index (κ1) is 11.2. The molecule has 1 saturated carbocycles. The van der Waals surface area contributed by atoms with Crippen molar-refractivity contribution < 1.29 is 5.11 Å². The highest BCUT2D eigenvalue weighted by molar-refractivity contribution is 6.76. The third-order valence-corrected chi connectivity index (χ3v) is 4.18. The van der Waals surface area contributed by atoms with Crippen LogP contribution in [0, 0.1) is 0 Å². The summed E-state index contributed by atoms with van der Waals surface area (Å²) in [5.41, 5.74) is 0. The largest absolute Gasteiger partial charge is 0.391 e. The highest BCUT2D eigenvalue weighted by atomic mass is 28.3. The predicted molar refractivity (Wildman–Crippen MR) is 59.6 cm³/mol. The van der Waals surface area contributed by atoms with Gasteiger partial charge in [-0.1, -0.05) is 19.6 Å². The van der Waals surface area contributed by atoms with Crippen LogP contribution in [0.5, 0.6) is 0 Å². The zero-order valence-electron chi connectivity index (χ0n) is 9.38. The SMILES string of the molecule is CN(C[Si](C)(C)C)[C@@H]1CCC[C@H]1O. The van der Waals surface area contributed by atoms with Gasteiger partial charge in [0.1, 0.15) is 0 Å². The maximum absolute atomic E-state index is 9.73. The summed E-state index contributed by atoms with van der Waals surface area (Å²) < 4.78 is 0. The van der Waals surface area contributed by atoms with Gasteiger partial charge in [-0.15, -0.1) is 0 Å². The molecule has 0 aromatic heterocycles. The van der Waals surface area contributed by atoms with Gasteiger partial charge in [0.25, 0.3) is 0 Å². The molecule has 13 heavy (non-hydrogen) atoms. The summed E-state index contributed by atoms with van der Waals surface area (Å²) in [6, 6.07) is 0.437. The Hall–Kier alpha value is 0.137. The molecule has 0 amide bonds. The summed E-state index contributed by atoms with van der Waals surface area (Å²) in [6.07, 6.45) is 4.51. The van der Waals surface area contributed by atoms with E-state index in [9.17, 15) is 5.11 Å². The van der Waals surface area contributed by atoms with E-state index >= 15 is 0 Å². The van der Waals surface area contributed by atoms with E-state index in [4.69, 9.17) is 0 Å². The van der Waals surface area contributed by atoms with Crippen LogP contribution in [0.1, 0.15) is 19.3 Å². The van der Waals surface area contributed by atoms with Gasteiger partial charge in [-0.2, -0.15) is 0 Å². The third-order valence-electron chi connectivity index (χ3n) is 2.73. The van der Waals surface area contributed by atoms with E-state index in [0.29, 0.717) is 6.04 Å². The number of likely N-dealkylation sites (N-methyl/N-ethyl adjacent to an activating group) is 1. The molecule has 1 aliphatic rings. The van der Waals surface area contributed by atoms with Crippen molar-refractivity contribution >= 4 is 8.07 Å². The van der Waals surface area contributed by atoms with Crippen molar-refractivity contribution in [2.45, 2.75) is 51.0 Å². The molecule has 78 valence electrons. The maximum atomic E-state index is 9.73. The Balaban J connectivity index is 2.43. The number of hydrogen-bond acceptors (Lipinski definition) is 2. The first-order chi connectivity index (χ1) is 5.90. The van der Waals surface area contributed by atoms with E-state index in [1.165, 1.54) is 19.0 Å². The molecule has 0 heterocycles. The Morgan fingerprint density at radius 2 is 1.92 bits per heavy atom. The fourth-order valence-electron chi connectivity index (χ4n) is 2.30. The molecule has 3 heteroatoms. The number of aliphatic hydroxyl groups is 1. The highest BCUT2D eigenvalue weighted by Crippen LogP contribution is 2.23. The summed E-state index contributed by atoms with van der Waals surface area (Å²) >= 11 is 0. The lowest BCUT2D eigenvalue weighted by Crippen LogP contribution is -2.46. The quantitative estimate of drug-likeness (QED) is 0.703. The van der Waals surface area contributed by atoms with Crippen molar-refractivity contribution in [2.75, 3.05) is 13.2 Å². The van der Waals surface area contributed by atoms with Crippen LogP contribution in [0.15, 0.2) is 0 Å². The molecule has 0 saturated heterocycles. The van der Waals surface area contributed by atoms with Crippen LogP contribution < -0.4 is 0 Å². The van der Waals surface area contributed by atoms with E-state index in [0.717, 1.165) is 6.42 Å². The fraction of sp³-hybridized carbons (Fsp3) is 1.00. The minimum absolute atomic E-state index is 0.0682. The van der Waals surface area contributed by atoms with Gasteiger partial charge >= 0.3 is 0 Å². The lowest BCUT2D eigenvalue weighted by molar-refractivity contribution is 0.0951. The maximum Gasteiger partial charge on any atom is 0.0695 e. The van der Waals surface area contributed by atoms with Crippen LogP contribution >= 0.6 is 0 Å². The zero-order chi connectivity index (χ0) is 10.1. The van der Waals surface area contributed by atoms with Crippen molar-refractivity contribution in [1.82, 2.24) is 4.90 Å². The second kappa shape index (κ2) is 4.11. The lowest BCUT2D eigenvalue weighted by atomic mass is 10.2. The number of nitrogens with zero attached hydrogens (tertiary/aromatic N) is 1. The van der Waals surface area contributed by atoms with Crippen LogP contribution in [0.2, 0.25) is 19.6 Å². The topological polar surface area (TPSA) is 23.5 Å². The Labute approximate surface area is 83.0 Å². The second-order valence-electron chi connectivity index (χ2n) is 5.54. The Morgan fingerprint density at radius 3 is 2.31 bits per heavy atom. The van der Waals surface area contributed by atoms with Gasteiger partial charge in [0.15, 0.2) is 0 Å². The van der Waals surface area contributed by atoms with Gasteiger partial charge in [-0.05, 0) is 32.5 Å². The Kier molecular flexibility index (Phi) is 3.55. The molecule has 0 bridgehead atoms. The minimum atomic E-state index is -1.00. The molecule has 1 N–H and O–H groups in total. The molecular formula is C10H23NOSi. The highest BCUT2D eigenvalue weighted by Gasteiger charge is 2.30. The minimum Gasteiger partial charge on any atom is -0.391 e. The van der Waals surface area contributed by atoms with Crippen molar-refractivity contribution in [1.29, 1.82) is 0 Å². The smallest absolute Gasteiger partial charge is 0.0695 e. The molecule has 1 aliphatic carbocycles. The molecule has 0 radical (unpaired) electrons. The molecule has 2 nitrogen and oxygen atoms in total. The van der Waals surface area contributed by atoms with Crippen LogP contribution in [0.3, 0.4) is 0 Å². The second-order valence-corrected chi connectivity index (χ2v) is 11.0. The van der Waals surface area contributed by atoms with Gasteiger partial charge in [0.05, 0.1) is 14.2 Å². The normalized spacial score (nSPS) is 30.0. The van der Waals surface area contributed by atoms with Gasteiger partial charge < -0.3 is 10.0 Å². The lowest BCUT2D eigenvalue weighted by Gasteiger charge is -2.31. The van der Waals surface area contributed by atoms with Crippen LogP contribution in [0.4, 0.5) is 0 Å². The molecule has 0 aromatic rings. The van der Waals surface area contributed by atoms with Gasteiger partial charge in [-0.3, -0.25) is 0 Å². The van der Waals surface area contributed by atoms with Gasteiger partial charge in [0.2, 0.25) is 0 Å². The van der Waals surface area contributed by atoms with Crippen molar-refractivity contribution in [3.05, 3.63) is 0 Å². The fourth-order valence-corrected chi connectivity index (χ4v) is 4.03.